The van der Waals surface area contributed by atoms with Crippen LogP contribution >= 0.6 is 11.3 Å². The number of hydrogen-bond donors (Lipinski definition) is 4. The number of carbonyl (C=O) groups excluding carboxylic acids is 2. The molecule has 2 amide bonds. The lowest BCUT2D eigenvalue weighted by Crippen LogP contribution is -2.50. The normalized spacial score (nSPS) is 19.9. The Morgan fingerprint density at radius 3 is 2.66 bits per heavy atom. The Hall–Kier alpha value is -3.17. The van der Waals surface area contributed by atoms with E-state index < -0.39 is 46.6 Å². The maximum atomic E-state index is 13.3. The molecule has 15 heteroatoms. The highest BCUT2D eigenvalue weighted by atomic mass is 32.2. The van der Waals surface area contributed by atoms with Crippen LogP contribution in [0.5, 0.6) is 5.75 Å². The molecule has 0 spiro atoms. The van der Waals surface area contributed by atoms with E-state index in [1.54, 1.807) is 17.5 Å². The van der Waals surface area contributed by atoms with Gasteiger partial charge in [-0.3, -0.25) is 4.79 Å². The number of fused-ring (bicyclic) bond motifs is 1. The molecule has 12 nitrogen and oxygen atoms in total. The number of para-hydroxylation sites is 1. The Bertz CT molecular complexity index is 1250. The number of amides is 2. The molecule has 4 rings (SSSR count). The van der Waals surface area contributed by atoms with E-state index in [1.165, 1.54) is 11.0 Å². The lowest BCUT2D eigenvalue weighted by molar-refractivity contribution is -0.121. The second-order valence-electron chi connectivity index (χ2n) is 8.37. The molecular weight excluding hydrogens is 499 g/mol. The number of benzene rings is 1. The minimum atomic E-state index is -3.20. The first-order valence-electron chi connectivity index (χ1n) is 10.7. The number of rotatable bonds is 6. The van der Waals surface area contributed by atoms with Crippen LogP contribution in [0.3, 0.4) is 0 Å². The molecule has 1 aromatic heterocycles. The van der Waals surface area contributed by atoms with E-state index in [2.05, 4.69) is 10.3 Å². The van der Waals surface area contributed by atoms with Gasteiger partial charge in [-0.05, 0) is 18.1 Å². The third-order valence-corrected chi connectivity index (χ3v) is 8.27. The molecular formula is C20H23BN4O8S2. The largest absolute Gasteiger partial charge is 0.535 e. The molecule has 2 aliphatic rings. The summed E-state index contributed by atoms with van der Waals surface area (Å²) >= 11 is 1.09. The average molecular weight is 522 g/mol. The molecule has 5 N–H and O–H groups in total. The summed E-state index contributed by atoms with van der Waals surface area (Å²) in [5.74, 6) is -2.61. The number of anilines is 1. The predicted molar refractivity (Wildman–Crippen MR) is 127 cm³/mol. The topological polar surface area (TPSA) is 189 Å². The third-order valence-electron chi connectivity index (χ3n) is 5.97. The summed E-state index contributed by atoms with van der Waals surface area (Å²) in [6.45, 7) is 0.0122. The molecule has 186 valence electrons. The summed E-state index contributed by atoms with van der Waals surface area (Å²) in [7, 11) is -4.63. The number of thiazole rings is 1. The Morgan fingerprint density at radius 2 is 2.03 bits per heavy atom. The summed E-state index contributed by atoms with van der Waals surface area (Å²) in [5, 5.41) is 24.2. The predicted octanol–water partition coefficient (Wildman–Crippen LogP) is 0.350. The zero-order valence-corrected chi connectivity index (χ0v) is 20.0. The fourth-order valence-corrected chi connectivity index (χ4v) is 5.88. The van der Waals surface area contributed by atoms with Gasteiger partial charge in [0.15, 0.2) is 20.8 Å². The number of aromatic nitrogens is 1. The van der Waals surface area contributed by atoms with Crippen molar-refractivity contribution in [1.29, 1.82) is 0 Å². The van der Waals surface area contributed by atoms with E-state index in [4.69, 9.17) is 10.4 Å². The fraction of sp³-hybridized carbons (Fsp3) is 0.400. The van der Waals surface area contributed by atoms with Gasteiger partial charge in [-0.15, -0.1) is 11.3 Å². The Balaban J connectivity index is 1.50. The lowest BCUT2D eigenvalue weighted by atomic mass is 9.64. The number of carbonyl (C=O) groups is 3. The first-order valence-corrected chi connectivity index (χ1v) is 13.4. The molecule has 1 saturated heterocycles. The van der Waals surface area contributed by atoms with Crippen molar-refractivity contribution >= 4 is 51.2 Å². The van der Waals surface area contributed by atoms with Crippen LogP contribution in [-0.2, 0) is 21.1 Å². The molecule has 1 fully saturated rings. The molecule has 1 aromatic carbocycles. The molecule has 0 saturated carbocycles. The van der Waals surface area contributed by atoms with E-state index >= 15 is 0 Å². The van der Waals surface area contributed by atoms with Crippen LogP contribution in [-0.4, -0.2) is 77.9 Å². The quantitative estimate of drug-likeness (QED) is 0.385. The highest BCUT2D eigenvalue weighted by molar-refractivity contribution is 7.91. The number of Topliss-reactive ketones (excluding diaryl/α,β-unsaturated/α-hetero) is 1. The van der Waals surface area contributed by atoms with Crippen molar-refractivity contribution in [2.45, 2.75) is 24.7 Å². The number of carboxylic acids is 1. The van der Waals surface area contributed by atoms with Crippen LogP contribution in [0, 0.1) is 0 Å². The molecule has 2 aromatic rings. The third kappa shape index (κ3) is 5.57. The second-order valence-corrected chi connectivity index (χ2v) is 11.6. The number of nitrogens with two attached hydrogens (primary N) is 1. The van der Waals surface area contributed by atoms with Gasteiger partial charge >= 0.3 is 19.1 Å². The van der Waals surface area contributed by atoms with Gasteiger partial charge in [-0.1, -0.05) is 12.1 Å². The molecule has 0 radical (unpaired) electrons. The summed E-state index contributed by atoms with van der Waals surface area (Å²) in [4.78, 5) is 43.0. The van der Waals surface area contributed by atoms with Crippen molar-refractivity contribution in [3.8, 4) is 5.75 Å². The first kappa shape index (κ1) is 24.9. The van der Waals surface area contributed by atoms with Crippen LogP contribution in [0.4, 0.5) is 9.93 Å². The van der Waals surface area contributed by atoms with Crippen LogP contribution in [0.2, 0.25) is 5.82 Å². The Labute approximate surface area is 205 Å². The minimum Gasteiger partial charge on any atom is -0.535 e. The van der Waals surface area contributed by atoms with Gasteiger partial charge in [-0.2, -0.15) is 0 Å². The van der Waals surface area contributed by atoms with Crippen LogP contribution in [0.15, 0.2) is 23.6 Å². The SMILES string of the molecule is Nc1nc(C(NC(=O)N2CCS(=O)(=O)CC2)C(=O)C[C@H]2Cc3cccc(C(=O)O)c3OB2O)cs1. The van der Waals surface area contributed by atoms with Crippen molar-refractivity contribution in [2.24, 2.45) is 0 Å². The summed E-state index contributed by atoms with van der Waals surface area (Å²) in [5.41, 5.74) is 6.41. The number of carboxylic acid groups (broad SMARTS) is 1. The number of nitrogen functional groups attached to an aromatic ring is 1. The number of hydrogen-bond acceptors (Lipinski definition) is 10. The molecule has 2 aliphatic heterocycles. The van der Waals surface area contributed by atoms with Gasteiger partial charge in [0.25, 0.3) is 0 Å². The molecule has 2 atom stereocenters. The molecule has 35 heavy (non-hydrogen) atoms. The number of nitrogens with one attached hydrogen (secondary N) is 1. The van der Waals surface area contributed by atoms with Crippen LogP contribution < -0.4 is 15.7 Å². The number of sulfone groups is 1. The highest BCUT2D eigenvalue weighted by Gasteiger charge is 2.40. The number of ketones is 1. The van der Waals surface area contributed by atoms with Crippen LogP contribution in [0.25, 0.3) is 0 Å². The van der Waals surface area contributed by atoms with E-state index in [0.717, 1.165) is 11.3 Å². The van der Waals surface area contributed by atoms with Gasteiger partial charge in [-0.25, -0.2) is 23.0 Å². The summed E-state index contributed by atoms with van der Waals surface area (Å²) < 4.78 is 28.8. The summed E-state index contributed by atoms with van der Waals surface area (Å²) in [6.07, 6.45) is -0.0120. The fourth-order valence-electron chi connectivity index (χ4n) is 4.09. The van der Waals surface area contributed by atoms with Gasteiger partial charge in [0, 0.05) is 30.7 Å². The van der Waals surface area contributed by atoms with Gasteiger partial charge < -0.3 is 30.7 Å². The Morgan fingerprint density at radius 1 is 1.31 bits per heavy atom. The number of urea groups is 1. The molecule has 0 aliphatic carbocycles. The van der Waals surface area contributed by atoms with Crippen LogP contribution in [0.1, 0.15) is 34.1 Å². The molecule has 0 bridgehead atoms. The number of nitrogens with zero attached hydrogens (tertiary/aromatic N) is 2. The van der Waals surface area contributed by atoms with Crippen molar-refractivity contribution in [3.05, 3.63) is 40.4 Å². The smallest absolute Gasteiger partial charge is 0.526 e. The first-order chi connectivity index (χ1) is 16.5. The average Bonchev–Trinajstić information content (AvgIpc) is 3.23. The van der Waals surface area contributed by atoms with Gasteiger partial charge in [0.05, 0.1) is 22.8 Å². The van der Waals surface area contributed by atoms with Crippen molar-refractivity contribution in [1.82, 2.24) is 15.2 Å². The monoisotopic (exact) mass is 522 g/mol. The van der Waals surface area contributed by atoms with E-state index in [9.17, 15) is 32.9 Å². The summed E-state index contributed by atoms with van der Waals surface area (Å²) in [6, 6.07) is 2.80. The lowest BCUT2D eigenvalue weighted by Gasteiger charge is -2.30. The maximum Gasteiger partial charge on any atom is 0.526 e. The molecule has 1 unspecified atom stereocenters. The second kappa shape index (κ2) is 9.83. The Kier molecular flexibility index (Phi) is 7.01. The van der Waals surface area contributed by atoms with Crippen molar-refractivity contribution in [3.63, 3.8) is 0 Å². The minimum absolute atomic E-state index is 0.00611. The van der Waals surface area contributed by atoms with Gasteiger partial charge in [0.2, 0.25) is 0 Å². The molecule has 3 heterocycles. The van der Waals surface area contributed by atoms with E-state index in [0.29, 0.717) is 5.56 Å². The van der Waals surface area contributed by atoms with E-state index in [1.807, 2.05) is 0 Å². The van der Waals surface area contributed by atoms with Crippen molar-refractivity contribution < 1.29 is 37.6 Å². The zero-order chi connectivity index (χ0) is 25.3. The number of aromatic carboxylic acids is 1. The maximum absolute atomic E-state index is 13.3. The standard InChI is InChI=1S/C20H23BN4O8S2/c22-19-23-14(10-34-19)16(24-20(29)25-4-6-35(31,32)7-5-25)15(26)9-12-8-11-2-1-3-13(18(27)28)17(11)33-21(12)30/h1-3,10,12,16,30H,4-9H2,(H2,22,23)(H,24,29)(H,27,28)/t12-,16?/m1/s1. The highest BCUT2D eigenvalue weighted by Crippen LogP contribution is 2.37. The van der Waals surface area contributed by atoms with E-state index in [-0.39, 0.29) is 59.6 Å². The van der Waals surface area contributed by atoms with Gasteiger partial charge in [0.1, 0.15) is 11.8 Å². The zero-order valence-electron chi connectivity index (χ0n) is 18.4. The van der Waals surface area contributed by atoms with Crippen molar-refractivity contribution in [2.75, 3.05) is 30.3 Å².